The molecule has 4 aliphatic heterocycles. The highest BCUT2D eigenvalue weighted by Gasteiger charge is 2.53. The molecule has 118 heavy (non-hydrogen) atoms. The number of imide groups is 2. The summed E-state index contributed by atoms with van der Waals surface area (Å²) in [7, 11) is 7.76. The van der Waals surface area contributed by atoms with Gasteiger partial charge in [0, 0.05) is 55.6 Å². The molecule has 13 heterocycles. The van der Waals surface area contributed by atoms with Crippen molar-refractivity contribution in [3.05, 3.63) is 161 Å². The number of ether oxygens (including phenoxy) is 5. The molecule has 15 rings (SSSR count). The number of rotatable bonds is 20. The quantitative estimate of drug-likeness (QED) is 0.00856. The van der Waals surface area contributed by atoms with Gasteiger partial charge < -0.3 is 82.8 Å². The maximum atomic E-state index is 13.2. The zero-order valence-corrected chi connectivity index (χ0v) is 69.9. The lowest BCUT2D eigenvalue weighted by Crippen LogP contribution is -2.54. The number of hydrazine groups is 1. The summed E-state index contributed by atoms with van der Waals surface area (Å²) in [5.41, 5.74) is 4.90. The molecule has 2 aromatic carbocycles. The van der Waals surface area contributed by atoms with Crippen LogP contribution in [0.4, 0.5) is 27.6 Å². The van der Waals surface area contributed by atoms with E-state index in [1.54, 1.807) is 93.1 Å². The minimum Gasteiger partial charge on any atom is -0.505 e. The molecule has 2 fully saturated rings. The zero-order valence-electron chi connectivity index (χ0n) is 63.5. The lowest BCUT2D eigenvalue weighted by molar-refractivity contribution is -0.191. The average molecular weight is 1880 g/mol. The van der Waals surface area contributed by atoms with Crippen LogP contribution < -0.4 is 72.2 Å². The number of hydrogen-bond donors (Lipinski definition) is 10. The monoisotopic (exact) mass is 1870 g/mol. The second-order valence-electron chi connectivity index (χ2n) is 24.0. The summed E-state index contributed by atoms with van der Waals surface area (Å²) in [4.78, 5) is 125. The summed E-state index contributed by atoms with van der Waals surface area (Å²) in [5.74, 6) is 9.18. The maximum Gasteiger partial charge on any atom is 0.373 e. The Morgan fingerprint density at radius 1 is 0.551 bits per heavy atom. The number of nitrogen functional groups attached to an aromatic ring is 1. The van der Waals surface area contributed by atoms with Crippen LogP contribution in [0, 0.1) is 19.3 Å². The molecule has 9 amide bonds. The second-order valence-corrected chi connectivity index (χ2v) is 27.1. The third-order valence-electron chi connectivity index (χ3n) is 16.5. The first-order valence-electron chi connectivity index (χ1n) is 34.4. The van der Waals surface area contributed by atoms with Crippen molar-refractivity contribution in [1.29, 1.82) is 0 Å². The van der Waals surface area contributed by atoms with Crippen molar-refractivity contribution in [2.45, 2.75) is 51.9 Å². The fourth-order valence-electron chi connectivity index (χ4n) is 10.9. The van der Waals surface area contributed by atoms with E-state index in [2.05, 4.69) is 162 Å². The Bertz CT molecular complexity index is 5600. The van der Waals surface area contributed by atoms with Gasteiger partial charge in [-0.05, 0) is 187 Å². The van der Waals surface area contributed by atoms with E-state index in [1.165, 1.54) is 43.3 Å². The summed E-state index contributed by atoms with van der Waals surface area (Å²) >= 11 is 12.8. The van der Waals surface area contributed by atoms with Crippen LogP contribution in [-0.4, -0.2) is 192 Å². The minimum absolute atomic E-state index is 0.0650. The van der Waals surface area contributed by atoms with Gasteiger partial charge in [0.2, 0.25) is 0 Å². The number of urea groups is 2. The van der Waals surface area contributed by atoms with Gasteiger partial charge in [-0.2, -0.15) is 9.59 Å². The summed E-state index contributed by atoms with van der Waals surface area (Å²) in [5, 5.41) is 50.8. The van der Waals surface area contributed by atoms with Crippen LogP contribution in [0.5, 0.6) is 34.5 Å². The van der Waals surface area contributed by atoms with Crippen LogP contribution in [0.3, 0.4) is 0 Å². The lowest BCUT2D eigenvalue weighted by Gasteiger charge is -2.28. The highest BCUT2D eigenvalue weighted by molar-refractivity contribution is 9.11. The molecule has 0 saturated carbocycles. The smallest absolute Gasteiger partial charge is 0.373 e. The number of methoxy groups -OCH3 is 5. The molecule has 0 aliphatic carbocycles. The summed E-state index contributed by atoms with van der Waals surface area (Å²) < 4.78 is 49.8. The number of hydrogen-bond acceptors (Lipinski definition) is 34. The van der Waals surface area contributed by atoms with Crippen LogP contribution >= 0.6 is 63.7 Å². The molecule has 2 saturated heterocycles. The predicted molar refractivity (Wildman–Crippen MR) is 429 cm³/mol. The highest BCUT2D eigenvalue weighted by Crippen LogP contribution is 2.37. The van der Waals surface area contributed by atoms with Crippen LogP contribution in [-0.2, 0) is 37.8 Å². The number of fused-ring (bicyclic) bond motifs is 3. The molecule has 614 valence electrons. The number of aromatic hydroxyl groups is 1. The fraction of sp³-hybridized carbons (Fsp3) is 0.247. The minimum atomic E-state index is -1.65. The van der Waals surface area contributed by atoms with E-state index in [1.807, 2.05) is 45.3 Å². The highest BCUT2D eigenvalue weighted by atomic mass is 79.9. The van der Waals surface area contributed by atoms with E-state index < -0.39 is 40.9 Å². The van der Waals surface area contributed by atoms with Crippen molar-refractivity contribution in [3.63, 3.8) is 0 Å². The predicted octanol–water partition coefficient (Wildman–Crippen LogP) is 8.27. The Morgan fingerprint density at radius 2 is 1.00 bits per heavy atom. The number of nitrogens with one attached hydrogen (secondary N) is 8. The first-order chi connectivity index (χ1) is 56.7. The standard InChI is InChI=1S/C24H21N7O6.C15H13N3O4.C10H11BrN4O2.C9H9BrN4O2.C7H8BrN3O2.C7H8BrNO.CO2/c1-3-25-23-30-29-19(37-23)15-6-7-17-16(26-15)9-18(36-17)24(21(33)27-22(34)28-24)11-31-10-12-4-5-13(35-2)8-14(12)20(31)32;1-3-15(13(20)16-14(21)17-15)8-18-7-9-4-5-10(22-2)6-11(9)12(18)19;1-3-12-10-15-14-9(17-10)6-4-5-7(16-2)8(11)13-6;1-2-11-9-14-13-8(16-9)5-3-4-6(15)7(10)12-5;1-13-5-3-2-4(7(12)11-9)10-6(5)8;1-5-3-4-6(10-2)7(8)9-5;2-1-3/h4-9H,3,10-11H2,1-2H3,(H,25,30)(H2,27,28,33,34);1,4-6H,7-8H2,2H3,(H2,16,17,20,21);4-5H,3H2,1-2H3,(H,12,15);3-4,15H,2H2,1H3,(H,11,14);2-3H,9H2,1H3,(H,11,12);3-4H,1-2H3;/t24-;15-;;;;;/m01...../s1. The Morgan fingerprint density at radius 3 is 1.43 bits per heavy atom. The number of furan rings is 1. The van der Waals surface area contributed by atoms with Gasteiger partial charge >= 0.3 is 36.3 Å². The van der Waals surface area contributed by atoms with E-state index in [9.17, 15) is 38.7 Å². The van der Waals surface area contributed by atoms with Gasteiger partial charge in [0.25, 0.3) is 47.2 Å². The molecule has 2 atom stereocenters. The molecule has 0 spiro atoms. The summed E-state index contributed by atoms with van der Waals surface area (Å²) in [6.45, 7) is 10.1. The second kappa shape index (κ2) is 40.6. The molecule has 0 bridgehead atoms. The molecule has 41 nitrogen and oxygen atoms in total. The van der Waals surface area contributed by atoms with Crippen LogP contribution in [0.25, 0.3) is 45.9 Å². The van der Waals surface area contributed by atoms with Crippen molar-refractivity contribution < 1.29 is 89.6 Å². The van der Waals surface area contributed by atoms with Gasteiger partial charge in [0.15, 0.2) is 33.9 Å². The van der Waals surface area contributed by atoms with Crippen molar-refractivity contribution in [2.75, 3.05) is 84.2 Å². The number of carbonyl (C=O) groups is 7. The number of aryl methyl sites for hydroxylation is 1. The molecule has 9 aromatic heterocycles. The third-order valence-corrected chi connectivity index (χ3v) is 18.8. The summed E-state index contributed by atoms with van der Waals surface area (Å²) in [6, 6.07) is 28.5. The normalized spacial score (nSPS) is 15.0. The largest absolute Gasteiger partial charge is 0.505 e. The third kappa shape index (κ3) is 21.3. The van der Waals surface area contributed by atoms with Crippen LogP contribution in [0.15, 0.2) is 139 Å². The first kappa shape index (κ1) is 88.4. The molecule has 4 aliphatic rings. The number of nitrogens with two attached hydrogens (primary N) is 1. The van der Waals surface area contributed by atoms with Gasteiger partial charge in [0.1, 0.15) is 69.7 Å². The molecule has 0 radical (unpaired) electrons. The number of aromatic nitrogens is 11. The number of anilines is 3. The van der Waals surface area contributed by atoms with Crippen LogP contribution in [0.2, 0.25) is 0 Å². The number of benzene rings is 2. The summed E-state index contributed by atoms with van der Waals surface area (Å²) in [6.07, 6.45) is 5.66. The number of terminal acetylenes is 1. The van der Waals surface area contributed by atoms with Gasteiger partial charge in [-0.3, -0.25) is 40.0 Å². The zero-order chi connectivity index (χ0) is 85.5. The van der Waals surface area contributed by atoms with E-state index in [-0.39, 0.29) is 66.7 Å². The fourth-order valence-corrected chi connectivity index (χ4v) is 12.8. The van der Waals surface area contributed by atoms with Crippen molar-refractivity contribution in [3.8, 4) is 81.6 Å². The molecule has 11 aromatic rings. The number of pyridine rings is 5. The Kier molecular flexibility index (Phi) is 30.5. The van der Waals surface area contributed by atoms with Crippen molar-refractivity contribution >= 4 is 141 Å². The molecule has 11 N–H and O–H groups in total. The average Bonchev–Trinajstić information content (AvgIpc) is 1.59. The topological polar surface area (TPSA) is 543 Å². The maximum absolute atomic E-state index is 13.2. The number of carbonyl (C=O) groups excluding carboxylic acids is 9. The van der Waals surface area contributed by atoms with Gasteiger partial charge in [-0.25, -0.2) is 40.4 Å². The first-order valence-corrected chi connectivity index (χ1v) is 37.6. The lowest BCUT2D eigenvalue weighted by atomic mass is 9.95. The molecular formula is C73H70Br4N22O19. The van der Waals surface area contributed by atoms with Crippen molar-refractivity contribution in [2.24, 2.45) is 5.84 Å². The van der Waals surface area contributed by atoms with E-state index >= 15 is 0 Å². The van der Waals surface area contributed by atoms with Crippen LogP contribution in [0.1, 0.15) is 74.6 Å². The molecular weight excluding hydrogens is 1810 g/mol. The van der Waals surface area contributed by atoms with Gasteiger partial charge in [-0.1, -0.05) is 33.3 Å². The number of amides is 9. The van der Waals surface area contributed by atoms with E-state index in [4.69, 9.17) is 63.2 Å². The Labute approximate surface area is 702 Å². The molecule has 45 heteroatoms. The van der Waals surface area contributed by atoms with E-state index in [0.717, 1.165) is 33.7 Å². The Hall–Kier alpha value is -13.5. The van der Waals surface area contributed by atoms with Gasteiger partial charge in [-0.15, -0.1) is 21.7 Å². The SMILES string of the molecule is C#C[C@]1(CN2Cc3ccc(OC)cc3C2=O)NC(=O)NC1=O.CCNc1nnc(-c2ccc(O)c(Br)n2)o1.CCNc1nnc(-c2ccc(OC)c(Br)n2)o1.CCNc1nnc(-c2ccc3oc([C@]4(CN5Cc6ccc(OC)cc6C5=O)NC(=O)NC4=O)cc3n2)o1.COc1ccc(C(=O)NN)nc1Br.COc1ccc(C)nc1Br.O=C=O. The van der Waals surface area contributed by atoms with E-state index in [0.29, 0.717) is 120 Å². The van der Waals surface area contributed by atoms with Gasteiger partial charge in [0.05, 0.1) is 48.6 Å². The Balaban J connectivity index is 0.000000170. The molecule has 0 unspecified atom stereocenters. The van der Waals surface area contributed by atoms with Crippen molar-refractivity contribution in [1.82, 2.24) is 92.0 Å². The number of nitrogens with zero attached hydrogens (tertiary/aromatic N) is 13. The number of halogens is 4.